The average Bonchev–Trinajstić information content (AvgIpc) is 2.61. The molecule has 1 saturated heterocycles. The standard InChI is InChI=1S/C19H39N5O.HI/c1-3-5-6-7-12-22-19(21-4-2)23-13-8-9-14-24-15-10-17(11-16-24)18(20)25;/h17H,3-16H2,1-2H3,(H2,20,25)(H2,21,22,23);1H. The number of primary amides is 1. The van der Waals surface area contributed by atoms with E-state index < -0.39 is 0 Å². The summed E-state index contributed by atoms with van der Waals surface area (Å²) in [4.78, 5) is 18.3. The quantitative estimate of drug-likeness (QED) is 0.173. The molecule has 154 valence electrons. The van der Waals surface area contributed by atoms with E-state index in [2.05, 4.69) is 34.4 Å². The van der Waals surface area contributed by atoms with Gasteiger partial charge in [0.1, 0.15) is 0 Å². The minimum atomic E-state index is -0.131. The lowest BCUT2D eigenvalue weighted by molar-refractivity contribution is -0.123. The van der Waals surface area contributed by atoms with Crippen LogP contribution in [0.15, 0.2) is 4.99 Å². The zero-order valence-electron chi connectivity index (χ0n) is 16.8. The second kappa shape index (κ2) is 16.6. The van der Waals surface area contributed by atoms with Gasteiger partial charge in [-0.15, -0.1) is 24.0 Å². The third kappa shape index (κ3) is 11.9. The van der Waals surface area contributed by atoms with E-state index in [4.69, 9.17) is 5.73 Å². The summed E-state index contributed by atoms with van der Waals surface area (Å²) in [5.41, 5.74) is 5.38. The van der Waals surface area contributed by atoms with Crippen molar-refractivity contribution in [1.29, 1.82) is 0 Å². The van der Waals surface area contributed by atoms with Crippen molar-refractivity contribution in [2.24, 2.45) is 16.6 Å². The number of rotatable bonds is 12. The van der Waals surface area contributed by atoms with Crippen LogP contribution in [0.25, 0.3) is 0 Å². The number of nitrogens with two attached hydrogens (primary N) is 1. The molecule has 0 saturated carbocycles. The molecule has 0 aromatic carbocycles. The molecule has 0 aliphatic carbocycles. The number of aliphatic imine (C=N–C) groups is 1. The Morgan fingerprint density at radius 1 is 1.08 bits per heavy atom. The number of hydrogen-bond donors (Lipinski definition) is 3. The summed E-state index contributed by atoms with van der Waals surface area (Å²) in [6, 6.07) is 0. The highest BCUT2D eigenvalue weighted by Crippen LogP contribution is 2.16. The molecule has 0 aromatic rings. The molecule has 0 bridgehead atoms. The van der Waals surface area contributed by atoms with Crippen molar-refractivity contribution in [2.75, 3.05) is 39.3 Å². The topological polar surface area (TPSA) is 82.8 Å². The predicted molar refractivity (Wildman–Crippen MR) is 121 cm³/mol. The zero-order chi connectivity index (χ0) is 18.3. The van der Waals surface area contributed by atoms with Crippen LogP contribution in [0.4, 0.5) is 0 Å². The molecule has 6 nitrogen and oxygen atoms in total. The molecule has 7 heteroatoms. The van der Waals surface area contributed by atoms with Gasteiger partial charge in [0, 0.05) is 25.6 Å². The number of guanidine groups is 1. The first-order chi connectivity index (χ1) is 12.2. The molecule has 4 N–H and O–H groups in total. The van der Waals surface area contributed by atoms with Crippen molar-refractivity contribution in [3.63, 3.8) is 0 Å². The first-order valence-electron chi connectivity index (χ1n) is 10.2. The van der Waals surface area contributed by atoms with Crippen LogP contribution in [0.5, 0.6) is 0 Å². The second-order valence-electron chi connectivity index (χ2n) is 6.97. The van der Waals surface area contributed by atoms with Gasteiger partial charge < -0.3 is 21.3 Å². The Labute approximate surface area is 177 Å². The molecular weight excluding hydrogens is 441 g/mol. The molecule has 1 aliphatic rings. The van der Waals surface area contributed by atoms with Crippen LogP contribution in [-0.2, 0) is 4.79 Å². The average molecular weight is 481 g/mol. The number of amides is 1. The summed E-state index contributed by atoms with van der Waals surface area (Å²) < 4.78 is 0. The molecule has 0 aromatic heterocycles. The second-order valence-corrected chi connectivity index (χ2v) is 6.97. The van der Waals surface area contributed by atoms with Gasteiger partial charge in [0.2, 0.25) is 5.91 Å². The molecule has 0 radical (unpaired) electrons. The molecule has 26 heavy (non-hydrogen) atoms. The Morgan fingerprint density at radius 2 is 1.81 bits per heavy atom. The summed E-state index contributed by atoms with van der Waals surface area (Å²) in [5, 5.41) is 6.74. The molecule has 0 unspecified atom stereocenters. The van der Waals surface area contributed by atoms with Gasteiger partial charge in [0.25, 0.3) is 0 Å². The van der Waals surface area contributed by atoms with Crippen molar-refractivity contribution in [2.45, 2.75) is 65.2 Å². The maximum atomic E-state index is 11.2. The van der Waals surface area contributed by atoms with Crippen LogP contribution >= 0.6 is 24.0 Å². The van der Waals surface area contributed by atoms with Crippen molar-refractivity contribution in [3.05, 3.63) is 0 Å². The number of likely N-dealkylation sites (tertiary alicyclic amines) is 1. The van der Waals surface area contributed by atoms with Gasteiger partial charge in [0.15, 0.2) is 5.96 Å². The third-order valence-corrected chi connectivity index (χ3v) is 4.81. The van der Waals surface area contributed by atoms with Crippen molar-refractivity contribution in [3.8, 4) is 0 Å². The van der Waals surface area contributed by atoms with E-state index in [0.717, 1.165) is 64.5 Å². The number of carbonyl (C=O) groups is 1. The maximum Gasteiger partial charge on any atom is 0.220 e. The van der Waals surface area contributed by atoms with E-state index in [1.165, 1.54) is 32.1 Å². The molecule has 0 spiro atoms. The molecule has 1 aliphatic heterocycles. The number of piperidine rings is 1. The van der Waals surface area contributed by atoms with E-state index in [9.17, 15) is 4.79 Å². The van der Waals surface area contributed by atoms with Crippen LogP contribution in [0, 0.1) is 5.92 Å². The molecule has 1 heterocycles. The lowest BCUT2D eigenvalue weighted by atomic mass is 9.96. The highest BCUT2D eigenvalue weighted by Gasteiger charge is 2.22. The number of nitrogens with zero attached hydrogens (tertiary/aromatic N) is 2. The van der Waals surface area contributed by atoms with Crippen LogP contribution in [0.3, 0.4) is 0 Å². The van der Waals surface area contributed by atoms with Gasteiger partial charge in [-0.3, -0.25) is 9.79 Å². The Kier molecular flexibility index (Phi) is 16.2. The Bertz CT molecular complexity index is 384. The normalized spacial score (nSPS) is 16.2. The molecular formula is C19H40IN5O. The minimum absolute atomic E-state index is 0. The predicted octanol–water partition coefficient (Wildman–Crippen LogP) is 2.72. The van der Waals surface area contributed by atoms with Crippen LogP contribution < -0.4 is 16.4 Å². The van der Waals surface area contributed by atoms with Crippen molar-refractivity contribution >= 4 is 35.8 Å². The van der Waals surface area contributed by atoms with E-state index in [0.29, 0.717) is 0 Å². The highest BCUT2D eigenvalue weighted by molar-refractivity contribution is 14.0. The van der Waals surface area contributed by atoms with E-state index in [1.807, 2.05) is 0 Å². The fourth-order valence-electron chi connectivity index (χ4n) is 3.18. The van der Waals surface area contributed by atoms with Gasteiger partial charge in [-0.1, -0.05) is 26.2 Å². The van der Waals surface area contributed by atoms with Gasteiger partial charge in [-0.05, 0) is 58.7 Å². The van der Waals surface area contributed by atoms with Gasteiger partial charge >= 0.3 is 0 Å². The first-order valence-corrected chi connectivity index (χ1v) is 10.2. The van der Waals surface area contributed by atoms with Crippen LogP contribution in [-0.4, -0.2) is 56.0 Å². The SMILES string of the molecule is CCCCCCN=C(NCC)NCCCCN1CCC(C(N)=O)CC1.I. The summed E-state index contributed by atoms with van der Waals surface area (Å²) >= 11 is 0. The fraction of sp³-hybridized carbons (Fsp3) is 0.895. The number of unbranched alkanes of at least 4 members (excludes halogenated alkanes) is 4. The van der Waals surface area contributed by atoms with Gasteiger partial charge in [-0.2, -0.15) is 0 Å². The van der Waals surface area contributed by atoms with E-state index >= 15 is 0 Å². The zero-order valence-corrected chi connectivity index (χ0v) is 19.1. The number of hydrogen-bond acceptors (Lipinski definition) is 3. The van der Waals surface area contributed by atoms with Crippen molar-refractivity contribution in [1.82, 2.24) is 15.5 Å². The molecule has 1 amide bonds. The Balaban J connectivity index is 0.00000625. The summed E-state index contributed by atoms with van der Waals surface area (Å²) in [6.07, 6.45) is 9.15. The van der Waals surface area contributed by atoms with Crippen LogP contribution in [0.1, 0.15) is 65.2 Å². The highest BCUT2D eigenvalue weighted by atomic mass is 127. The summed E-state index contributed by atoms with van der Waals surface area (Å²) in [5.74, 6) is 0.907. The first kappa shape index (κ1) is 25.4. The van der Waals surface area contributed by atoms with Gasteiger partial charge in [-0.25, -0.2) is 0 Å². The van der Waals surface area contributed by atoms with Gasteiger partial charge in [0.05, 0.1) is 0 Å². The van der Waals surface area contributed by atoms with Crippen LogP contribution in [0.2, 0.25) is 0 Å². The summed E-state index contributed by atoms with van der Waals surface area (Å²) in [6.45, 7) is 10.2. The largest absolute Gasteiger partial charge is 0.369 e. The Morgan fingerprint density at radius 3 is 2.42 bits per heavy atom. The third-order valence-electron chi connectivity index (χ3n) is 4.81. The smallest absolute Gasteiger partial charge is 0.220 e. The van der Waals surface area contributed by atoms with E-state index in [-0.39, 0.29) is 35.8 Å². The number of carbonyl (C=O) groups excluding carboxylic acids is 1. The molecule has 0 atom stereocenters. The maximum absolute atomic E-state index is 11.2. The Hall–Kier alpha value is -0.570. The monoisotopic (exact) mass is 481 g/mol. The summed E-state index contributed by atoms with van der Waals surface area (Å²) in [7, 11) is 0. The lowest BCUT2D eigenvalue weighted by Gasteiger charge is -2.30. The number of nitrogens with one attached hydrogen (secondary N) is 2. The van der Waals surface area contributed by atoms with E-state index in [1.54, 1.807) is 0 Å². The lowest BCUT2D eigenvalue weighted by Crippen LogP contribution is -2.39. The minimum Gasteiger partial charge on any atom is -0.369 e. The van der Waals surface area contributed by atoms with Crippen molar-refractivity contribution < 1.29 is 4.79 Å². The fourth-order valence-corrected chi connectivity index (χ4v) is 3.18. The molecule has 1 fully saturated rings. The molecule has 1 rings (SSSR count). The number of halogens is 1.